The van der Waals surface area contributed by atoms with Gasteiger partial charge in [-0.2, -0.15) is 0 Å². The van der Waals surface area contributed by atoms with Crippen molar-refractivity contribution in [2.45, 2.75) is 13.0 Å². The molecule has 2 unspecified atom stereocenters. The fourth-order valence-corrected chi connectivity index (χ4v) is 2.32. The molecule has 1 aliphatic heterocycles. The molecule has 3 heterocycles. The predicted molar refractivity (Wildman–Crippen MR) is 78.5 cm³/mol. The van der Waals surface area contributed by atoms with Gasteiger partial charge in [0.2, 0.25) is 0 Å². The molecule has 0 radical (unpaired) electrons. The molecule has 7 nitrogen and oxygen atoms in total. The van der Waals surface area contributed by atoms with E-state index < -0.39 is 6.10 Å². The Morgan fingerprint density at radius 1 is 1.57 bits per heavy atom. The third-order valence-electron chi connectivity index (χ3n) is 3.60. The minimum absolute atomic E-state index is 0. The normalized spacial score (nSPS) is 21.2. The molecule has 3 N–H and O–H groups in total. The smallest absolute Gasteiger partial charge is 0.257 e. The Hall–Kier alpha value is -1.70. The molecule has 0 aliphatic carbocycles. The summed E-state index contributed by atoms with van der Waals surface area (Å²) in [6, 6.07) is 1.72. The number of rotatable bonds is 3. The summed E-state index contributed by atoms with van der Waals surface area (Å²) < 4.78 is 5.00. The topological polar surface area (TPSA) is 100 Å². The van der Waals surface area contributed by atoms with Crippen LogP contribution in [0.2, 0.25) is 0 Å². The van der Waals surface area contributed by atoms with Crippen LogP contribution in [0.5, 0.6) is 0 Å². The number of amides is 1. The molecule has 2 aromatic rings. The maximum atomic E-state index is 12.1. The number of β-amino-alcohol motifs (C(OH)–C–C–N with tert-alkyl or cyclic N) is 1. The number of aliphatic hydroxyl groups excluding tert-OH is 1. The van der Waals surface area contributed by atoms with Gasteiger partial charge in [-0.25, -0.2) is 4.98 Å². The van der Waals surface area contributed by atoms with Crippen molar-refractivity contribution in [3.63, 3.8) is 0 Å². The second-order valence-corrected chi connectivity index (χ2v) is 5.04. The number of aromatic nitrogens is 2. The number of nitrogens with zero attached hydrogens (tertiary/aromatic N) is 2. The number of nitrogens with one attached hydrogen (secondary N) is 2. The first-order valence-electron chi connectivity index (χ1n) is 6.54. The first kappa shape index (κ1) is 15.7. The number of pyridine rings is 1. The summed E-state index contributed by atoms with van der Waals surface area (Å²) in [5.41, 5.74) is 1.59. The van der Waals surface area contributed by atoms with Crippen molar-refractivity contribution in [1.29, 1.82) is 0 Å². The zero-order valence-electron chi connectivity index (χ0n) is 11.5. The second-order valence-electron chi connectivity index (χ2n) is 5.04. The van der Waals surface area contributed by atoms with Crippen molar-refractivity contribution in [3.05, 3.63) is 23.5 Å². The Morgan fingerprint density at radius 2 is 2.38 bits per heavy atom. The van der Waals surface area contributed by atoms with Crippen LogP contribution in [0.4, 0.5) is 0 Å². The van der Waals surface area contributed by atoms with Crippen molar-refractivity contribution < 1.29 is 14.4 Å². The summed E-state index contributed by atoms with van der Waals surface area (Å²) in [6.07, 6.45) is 1.06. The quantitative estimate of drug-likeness (QED) is 0.752. The standard InChI is InChI=1S/C13H16N4O3.ClH/c1-7-10-2-8(4-16-13(10)20-17-7)12(19)15-5-9-3-14-6-11(9)18;/h2,4,9,11,14,18H,3,5-6H2,1H3,(H,15,19);1H. The summed E-state index contributed by atoms with van der Waals surface area (Å²) in [5.74, 6) is -0.160. The van der Waals surface area contributed by atoms with Crippen molar-refractivity contribution in [3.8, 4) is 0 Å². The lowest BCUT2D eigenvalue weighted by atomic mass is 10.1. The first-order valence-corrected chi connectivity index (χ1v) is 6.54. The lowest BCUT2D eigenvalue weighted by Gasteiger charge is -2.13. The summed E-state index contributed by atoms with van der Waals surface area (Å²) in [5, 5.41) is 20.1. The molecular formula is C13H17ClN4O3. The van der Waals surface area contributed by atoms with E-state index in [0.29, 0.717) is 36.6 Å². The van der Waals surface area contributed by atoms with Crippen molar-refractivity contribution >= 4 is 29.4 Å². The van der Waals surface area contributed by atoms with Gasteiger partial charge in [-0.3, -0.25) is 4.79 Å². The van der Waals surface area contributed by atoms with Crippen LogP contribution in [0.25, 0.3) is 11.1 Å². The van der Waals surface area contributed by atoms with E-state index in [1.165, 1.54) is 6.20 Å². The lowest BCUT2D eigenvalue weighted by molar-refractivity contribution is 0.0927. The third kappa shape index (κ3) is 3.15. The third-order valence-corrected chi connectivity index (χ3v) is 3.60. The van der Waals surface area contributed by atoms with Crippen LogP contribution < -0.4 is 10.6 Å². The average Bonchev–Trinajstić information content (AvgIpc) is 3.03. The molecule has 0 spiro atoms. The van der Waals surface area contributed by atoms with Gasteiger partial charge in [-0.15, -0.1) is 12.4 Å². The SMILES string of the molecule is Cc1noc2ncc(C(=O)NCC3CNCC3O)cc12.Cl. The molecule has 1 saturated heterocycles. The molecule has 0 bridgehead atoms. The van der Waals surface area contributed by atoms with E-state index in [9.17, 15) is 9.90 Å². The Labute approximate surface area is 127 Å². The number of fused-ring (bicyclic) bond motifs is 1. The number of hydrogen-bond donors (Lipinski definition) is 3. The van der Waals surface area contributed by atoms with Gasteiger partial charge in [0.1, 0.15) is 0 Å². The fraction of sp³-hybridized carbons (Fsp3) is 0.462. The average molecular weight is 313 g/mol. The van der Waals surface area contributed by atoms with Crippen LogP contribution in [0.3, 0.4) is 0 Å². The van der Waals surface area contributed by atoms with E-state index in [4.69, 9.17) is 4.52 Å². The van der Waals surface area contributed by atoms with Gasteiger partial charge in [0.25, 0.3) is 11.6 Å². The Morgan fingerprint density at radius 3 is 3.10 bits per heavy atom. The highest BCUT2D eigenvalue weighted by Gasteiger charge is 2.25. The molecule has 8 heteroatoms. The van der Waals surface area contributed by atoms with Crippen LogP contribution in [0.15, 0.2) is 16.8 Å². The molecule has 0 aromatic carbocycles. The highest BCUT2D eigenvalue weighted by Crippen LogP contribution is 2.16. The number of halogens is 1. The number of hydrogen-bond acceptors (Lipinski definition) is 6. The molecule has 1 amide bonds. The highest BCUT2D eigenvalue weighted by atomic mass is 35.5. The van der Waals surface area contributed by atoms with Crippen LogP contribution in [-0.2, 0) is 0 Å². The minimum atomic E-state index is -0.406. The molecule has 21 heavy (non-hydrogen) atoms. The Bertz CT molecular complexity index is 645. The zero-order valence-corrected chi connectivity index (χ0v) is 12.3. The largest absolute Gasteiger partial charge is 0.391 e. The van der Waals surface area contributed by atoms with E-state index in [-0.39, 0.29) is 24.2 Å². The first-order chi connectivity index (χ1) is 9.65. The molecule has 3 rings (SSSR count). The van der Waals surface area contributed by atoms with Crippen LogP contribution >= 0.6 is 12.4 Å². The van der Waals surface area contributed by atoms with E-state index in [1.807, 2.05) is 0 Å². The monoisotopic (exact) mass is 312 g/mol. The van der Waals surface area contributed by atoms with Gasteiger partial charge in [0.05, 0.1) is 22.7 Å². The molecule has 1 aliphatic rings. The minimum Gasteiger partial charge on any atom is -0.391 e. The Kier molecular flexibility index (Phi) is 4.76. The predicted octanol–water partition coefficient (Wildman–Crippen LogP) is 0.263. The number of aryl methyl sites for hydroxylation is 1. The van der Waals surface area contributed by atoms with Gasteiger partial charge < -0.3 is 20.3 Å². The number of carbonyl (C=O) groups is 1. The summed E-state index contributed by atoms with van der Waals surface area (Å²) in [6.45, 7) is 3.53. The van der Waals surface area contributed by atoms with E-state index >= 15 is 0 Å². The van der Waals surface area contributed by atoms with E-state index in [1.54, 1.807) is 13.0 Å². The summed E-state index contributed by atoms with van der Waals surface area (Å²) in [7, 11) is 0. The second kappa shape index (κ2) is 6.38. The van der Waals surface area contributed by atoms with Crippen LogP contribution in [-0.4, -0.2) is 46.9 Å². The fourth-order valence-electron chi connectivity index (χ4n) is 2.32. The summed E-state index contributed by atoms with van der Waals surface area (Å²) >= 11 is 0. The maximum absolute atomic E-state index is 12.1. The molecular weight excluding hydrogens is 296 g/mol. The van der Waals surface area contributed by atoms with E-state index in [0.717, 1.165) is 5.39 Å². The highest BCUT2D eigenvalue weighted by molar-refractivity contribution is 5.96. The van der Waals surface area contributed by atoms with Crippen molar-refractivity contribution in [1.82, 2.24) is 20.8 Å². The maximum Gasteiger partial charge on any atom is 0.257 e. The molecule has 2 atom stereocenters. The zero-order chi connectivity index (χ0) is 14.1. The lowest BCUT2D eigenvalue weighted by Crippen LogP contribution is -2.34. The van der Waals surface area contributed by atoms with Gasteiger partial charge in [-0.05, 0) is 13.0 Å². The van der Waals surface area contributed by atoms with Gasteiger partial charge in [0.15, 0.2) is 0 Å². The van der Waals surface area contributed by atoms with Crippen LogP contribution in [0, 0.1) is 12.8 Å². The van der Waals surface area contributed by atoms with Gasteiger partial charge in [-0.1, -0.05) is 5.16 Å². The Balaban J connectivity index is 0.00000161. The van der Waals surface area contributed by atoms with Gasteiger partial charge in [0, 0.05) is 31.7 Å². The molecule has 1 fully saturated rings. The molecule has 114 valence electrons. The van der Waals surface area contributed by atoms with Crippen molar-refractivity contribution in [2.75, 3.05) is 19.6 Å². The van der Waals surface area contributed by atoms with Crippen molar-refractivity contribution in [2.24, 2.45) is 5.92 Å². The van der Waals surface area contributed by atoms with E-state index in [2.05, 4.69) is 20.8 Å². The van der Waals surface area contributed by atoms with Crippen LogP contribution in [0.1, 0.15) is 16.1 Å². The molecule has 2 aromatic heterocycles. The summed E-state index contributed by atoms with van der Waals surface area (Å²) in [4.78, 5) is 16.1. The number of carbonyl (C=O) groups excluding carboxylic acids is 1. The number of aliphatic hydroxyl groups is 1. The van der Waals surface area contributed by atoms with Gasteiger partial charge >= 0.3 is 0 Å². The molecule has 0 saturated carbocycles.